The van der Waals surface area contributed by atoms with E-state index in [1.807, 2.05) is 43.3 Å². The van der Waals surface area contributed by atoms with Crippen LogP contribution in [0.25, 0.3) is 0 Å². The van der Waals surface area contributed by atoms with Crippen molar-refractivity contribution >= 4 is 39.6 Å². The van der Waals surface area contributed by atoms with Gasteiger partial charge in [0.2, 0.25) is 0 Å². The van der Waals surface area contributed by atoms with Crippen molar-refractivity contribution in [3.8, 4) is 0 Å². The minimum absolute atomic E-state index is 0.00722. The van der Waals surface area contributed by atoms with E-state index in [9.17, 15) is 4.79 Å². The van der Waals surface area contributed by atoms with E-state index in [0.717, 1.165) is 16.9 Å². The molecule has 3 rings (SSSR count). The Labute approximate surface area is 180 Å². The number of nitrogens with one attached hydrogen (secondary N) is 2. The van der Waals surface area contributed by atoms with Crippen molar-refractivity contribution in [3.05, 3.63) is 82.5 Å². The maximum absolute atomic E-state index is 12.4. The van der Waals surface area contributed by atoms with Gasteiger partial charge in [-0.2, -0.15) is 0 Å². The predicted molar refractivity (Wildman–Crippen MR) is 122 cm³/mol. The zero-order valence-electron chi connectivity index (χ0n) is 16.3. The second-order valence-electron chi connectivity index (χ2n) is 6.44. The van der Waals surface area contributed by atoms with E-state index in [4.69, 9.17) is 17.0 Å². The summed E-state index contributed by atoms with van der Waals surface area (Å²) in [6.07, 6.45) is 4.24. The molecule has 0 bridgehead atoms. The van der Waals surface area contributed by atoms with Crippen LogP contribution in [0, 0.1) is 0 Å². The Morgan fingerprint density at radius 1 is 1.21 bits per heavy atom. The summed E-state index contributed by atoms with van der Waals surface area (Å²) in [6, 6.07) is 15.9. The molecule has 0 amide bonds. The molecular weight excluding hydrogens is 402 g/mol. The van der Waals surface area contributed by atoms with E-state index in [0.29, 0.717) is 22.3 Å². The zero-order chi connectivity index (χ0) is 20.6. The summed E-state index contributed by atoms with van der Waals surface area (Å²) in [5.41, 5.74) is 2.76. The molecule has 1 atom stereocenters. The van der Waals surface area contributed by atoms with Gasteiger partial charge in [0.25, 0.3) is 0 Å². The summed E-state index contributed by atoms with van der Waals surface area (Å²) in [6.45, 7) is 4.14. The molecule has 2 N–H and O–H groups in total. The van der Waals surface area contributed by atoms with Gasteiger partial charge in [-0.3, -0.25) is 4.98 Å². The van der Waals surface area contributed by atoms with Gasteiger partial charge in [-0.1, -0.05) is 30.3 Å². The number of hydrogen-bond acceptors (Lipinski definition) is 5. The standard InChI is InChI=1S/C22H23N3O2S2/c1-3-27-21(26)19-14-18(13-16-7-5-4-6-8-16)29-20(19)25-22(28)24-15(2)17-9-11-23-12-10-17/h4-12,14-15H,3,13H2,1-2H3,(H2,24,25,28). The number of anilines is 1. The van der Waals surface area contributed by atoms with Crippen LogP contribution in [-0.2, 0) is 11.2 Å². The molecule has 0 fully saturated rings. The molecule has 0 saturated carbocycles. The van der Waals surface area contributed by atoms with Crippen molar-refractivity contribution in [1.29, 1.82) is 0 Å². The molecule has 2 heterocycles. The van der Waals surface area contributed by atoms with Crippen LogP contribution in [0.2, 0.25) is 0 Å². The van der Waals surface area contributed by atoms with Gasteiger partial charge in [0.15, 0.2) is 5.11 Å². The fourth-order valence-corrected chi connectivity index (χ4v) is 4.28. The summed E-state index contributed by atoms with van der Waals surface area (Å²) in [5.74, 6) is -0.351. The van der Waals surface area contributed by atoms with Gasteiger partial charge < -0.3 is 15.4 Å². The van der Waals surface area contributed by atoms with Crippen LogP contribution in [0.1, 0.15) is 46.3 Å². The molecular formula is C22H23N3O2S2. The molecule has 3 aromatic rings. The number of hydrogen-bond donors (Lipinski definition) is 2. The number of carbonyl (C=O) groups excluding carboxylic acids is 1. The first-order valence-corrected chi connectivity index (χ1v) is 10.6. The third kappa shape index (κ3) is 5.85. The molecule has 1 unspecified atom stereocenters. The third-order valence-electron chi connectivity index (χ3n) is 4.28. The maximum atomic E-state index is 12.4. The molecule has 29 heavy (non-hydrogen) atoms. The van der Waals surface area contributed by atoms with Crippen molar-refractivity contribution in [2.24, 2.45) is 0 Å². The van der Waals surface area contributed by atoms with E-state index < -0.39 is 0 Å². The van der Waals surface area contributed by atoms with Crippen LogP contribution in [0.3, 0.4) is 0 Å². The van der Waals surface area contributed by atoms with Crippen LogP contribution in [-0.4, -0.2) is 22.7 Å². The van der Waals surface area contributed by atoms with Crippen LogP contribution >= 0.6 is 23.6 Å². The number of carbonyl (C=O) groups is 1. The minimum atomic E-state index is -0.351. The smallest absolute Gasteiger partial charge is 0.341 e. The van der Waals surface area contributed by atoms with Gasteiger partial charge >= 0.3 is 5.97 Å². The average Bonchev–Trinajstić information content (AvgIpc) is 3.11. The van der Waals surface area contributed by atoms with Crippen molar-refractivity contribution in [2.45, 2.75) is 26.3 Å². The molecule has 0 aliphatic heterocycles. The molecule has 0 radical (unpaired) electrons. The normalized spacial score (nSPS) is 11.5. The third-order valence-corrected chi connectivity index (χ3v) is 5.55. The van der Waals surface area contributed by atoms with E-state index >= 15 is 0 Å². The van der Waals surface area contributed by atoms with Crippen molar-refractivity contribution in [3.63, 3.8) is 0 Å². The average molecular weight is 426 g/mol. The molecule has 0 spiro atoms. The molecule has 0 aliphatic rings. The number of thiocarbonyl (C=S) groups is 1. The quantitative estimate of drug-likeness (QED) is 0.412. The number of benzene rings is 1. The van der Waals surface area contributed by atoms with Crippen LogP contribution in [0.15, 0.2) is 60.9 Å². The summed E-state index contributed by atoms with van der Waals surface area (Å²) in [7, 11) is 0. The predicted octanol–water partition coefficient (Wildman–Crippen LogP) is 4.96. The molecule has 2 aromatic heterocycles. The summed E-state index contributed by atoms with van der Waals surface area (Å²) in [5, 5.41) is 7.57. The highest BCUT2D eigenvalue weighted by Crippen LogP contribution is 2.31. The number of aromatic nitrogens is 1. The van der Waals surface area contributed by atoms with Crippen LogP contribution in [0.5, 0.6) is 0 Å². The van der Waals surface area contributed by atoms with Crippen molar-refractivity contribution < 1.29 is 9.53 Å². The lowest BCUT2D eigenvalue weighted by Gasteiger charge is -2.17. The van der Waals surface area contributed by atoms with Crippen LogP contribution in [0.4, 0.5) is 5.00 Å². The highest BCUT2D eigenvalue weighted by atomic mass is 32.1. The first-order chi connectivity index (χ1) is 14.1. The Hall–Kier alpha value is -2.77. The minimum Gasteiger partial charge on any atom is -0.462 e. The van der Waals surface area contributed by atoms with E-state index in [1.54, 1.807) is 19.3 Å². The number of thiophene rings is 1. The van der Waals surface area contributed by atoms with E-state index in [-0.39, 0.29) is 12.0 Å². The molecule has 0 aliphatic carbocycles. The summed E-state index contributed by atoms with van der Waals surface area (Å²) >= 11 is 6.99. The lowest BCUT2D eigenvalue weighted by molar-refractivity contribution is 0.0528. The molecule has 150 valence electrons. The number of rotatable bonds is 7. The van der Waals surface area contributed by atoms with Gasteiger partial charge in [-0.25, -0.2) is 4.79 Å². The molecule has 5 nitrogen and oxygen atoms in total. The number of esters is 1. The fraction of sp³-hybridized carbons (Fsp3) is 0.227. The van der Waals surface area contributed by atoms with E-state index in [1.165, 1.54) is 16.9 Å². The first kappa shape index (κ1) is 21.0. The SMILES string of the molecule is CCOC(=O)c1cc(Cc2ccccc2)sc1NC(=S)NC(C)c1ccncc1. The van der Waals surface area contributed by atoms with E-state index in [2.05, 4.69) is 27.8 Å². The number of nitrogens with zero attached hydrogens (tertiary/aromatic N) is 1. The van der Waals surface area contributed by atoms with Crippen LogP contribution < -0.4 is 10.6 Å². The monoisotopic (exact) mass is 425 g/mol. The Kier molecular flexibility index (Phi) is 7.32. The number of ether oxygens (including phenoxy) is 1. The Balaban J connectivity index is 1.75. The maximum Gasteiger partial charge on any atom is 0.341 e. The Morgan fingerprint density at radius 3 is 2.62 bits per heavy atom. The number of pyridine rings is 1. The topological polar surface area (TPSA) is 63.2 Å². The summed E-state index contributed by atoms with van der Waals surface area (Å²) < 4.78 is 5.22. The Bertz CT molecular complexity index is 959. The second kappa shape index (κ2) is 10.1. The largest absolute Gasteiger partial charge is 0.462 e. The molecule has 0 saturated heterocycles. The Morgan fingerprint density at radius 2 is 1.93 bits per heavy atom. The molecule has 7 heteroatoms. The lowest BCUT2D eigenvalue weighted by Crippen LogP contribution is -2.31. The fourth-order valence-electron chi connectivity index (χ4n) is 2.85. The van der Waals surface area contributed by atoms with Gasteiger partial charge in [0.1, 0.15) is 5.00 Å². The van der Waals surface area contributed by atoms with Crippen molar-refractivity contribution in [1.82, 2.24) is 10.3 Å². The van der Waals surface area contributed by atoms with Gasteiger partial charge in [0.05, 0.1) is 18.2 Å². The molecule has 1 aromatic carbocycles. The second-order valence-corrected chi connectivity index (χ2v) is 7.98. The highest BCUT2D eigenvalue weighted by molar-refractivity contribution is 7.80. The van der Waals surface area contributed by atoms with Gasteiger partial charge in [0, 0.05) is 23.7 Å². The van der Waals surface area contributed by atoms with Gasteiger partial charge in [-0.15, -0.1) is 11.3 Å². The van der Waals surface area contributed by atoms with Crippen molar-refractivity contribution in [2.75, 3.05) is 11.9 Å². The summed E-state index contributed by atoms with van der Waals surface area (Å²) in [4.78, 5) is 17.5. The highest BCUT2D eigenvalue weighted by Gasteiger charge is 2.19. The van der Waals surface area contributed by atoms with Gasteiger partial charge in [-0.05, 0) is 55.4 Å². The zero-order valence-corrected chi connectivity index (χ0v) is 18.0. The lowest BCUT2D eigenvalue weighted by atomic mass is 10.1. The first-order valence-electron chi connectivity index (χ1n) is 9.38.